The van der Waals surface area contributed by atoms with Gasteiger partial charge in [-0.1, -0.05) is 31.0 Å². The molecular weight excluding hydrogens is 465 g/mol. The summed E-state index contributed by atoms with van der Waals surface area (Å²) < 4.78 is 0. The van der Waals surface area contributed by atoms with Gasteiger partial charge in [0.1, 0.15) is 0 Å². The summed E-state index contributed by atoms with van der Waals surface area (Å²) >= 11 is 0. The first-order valence-electron chi connectivity index (χ1n) is 9.55. The van der Waals surface area contributed by atoms with Gasteiger partial charge in [-0.15, -0.1) is 24.0 Å². The van der Waals surface area contributed by atoms with Gasteiger partial charge in [-0.05, 0) is 30.5 Å². The number of aromatic nitrogens is 1. The lowest BCUT2D eigenvalue weighted by Crippen LogP contribution is -2.49. The van der Waals surface area contributed by atoms with Crippen molar-refractivity contribution in [2.75, 3.05) is 27.7 Å². The molecule has 6 nitrogen and oxygen atoms in total. The van der Waals surface area contributed by atoms with Crippen LogP contribution in [0.4, 0.5) is 0 Å². The molecule has 3 rings (SSSR count). The second kappa shape index (κ2) is 10.0. The highest BCUT2D eigenvalue weighted by molar-refractivity contribution is 14.0. The van der Waals surface area contributed by atoms with Gasteiger partial charge in [0.05, 0.1) is 10.9 Å². The summed E-state index contributed by atoms with van der Waals surface area (Å²) in [5.74, 6) is 0.928. The fourth-order valence-electron chi connectivity index (χ4n) is 3.95. The van der Waals surface area contributed by atoms with Crippen LogP contribution in [0.1, 0.15) is 31.2 Å². The molecule has 1 aromatic carbocycles. The molecule has 1 aromatic heterocycles. The number of nitrogens with one attached hydrogen (secondary N) is 2. The fraction of sp³-hybridized carbons (Fsp3) is 0.476. The number of aliphatic imine (C=N–C) groups is 1. The van der Waals surface area contributed by atoms with Crippen LogP contribution < -0.4 is 10.6 Å². The van der Waals surface area contributed by atoms with E-state index < -0.39 is 0 Å². The Balaban J connectivity index is 0.00000280. The van der Waals surface area contributed by atoms with Crippen molar-refractivity contribution in [3.8, 4) is 0 Å². The maximum Gasteiger partial charge on any atom is 0.230 e. The second-order valence-corrected chi connectivity index (χ2v) is 7.45. The Morgan fingerprint density at radius 1 is 1.18 bits per heavy atom. The molecule has 2 N–H and O–H groups in total. The van der Waals surface area contributed by atoms with Crippen LogP contribution in [0, 0.1) is 5.41 Å². The summed E-state index contributed by atoms with van der Waals surface area (Å²) in [4.78, 5) is 23.2. The van der Waals surface area contributed by atoms with E-state index in [0.29, 0.717) is 19.0 Å². The number of carbonyl (C=O) groups excluding carboxylic acids is 1. The molecule has 1 heterocycles. The number of amides is 1. The number of nitrogens with zero attached hydrogens (tertiary/aromatic N) is 3. The smallest absolute Gasteiger partial charge is 0.230 e. The molecule has 1 aliphatic carbocycles. The number of benzene rings is 1. The van der Waals surface area contributed by atoms with Crippen LogP contribution >= 0.6 is 24.0 Å². The maximum absolute atomic E-state index is 12.7. The van der Waals surface area contributed by atoms with Crippen LogP contribution in [-0.4, -0.2) is 49.4 Å². The fourth-order valence-corrected chi connectivity index (χ4v) is 3.95. The minimum absolute atomic E-state index is 0. The van der Waals surface area contributed by atoms with E-state index in [1.807, 2.05) is 44.6 Å². The zero-order chi connectivity index (χ0) is 19.3. The summed E-state index contributed by atoms with van der Waals surface area (Å²) in [6.45, 7) is 1.26. The van der Waals surface area contributed by atoms with Crippen LogP contribution in [0.25, 0.3) is 10.9 Å². The summed E-state index contributed by atoms with van der Waals surface area (Å²) in [5, 5.41) is 7.89. The van der Waals surface area contributed by atoms with Crippen molar-refractivity contribution in [3.63, 3.8) is 0 Å². The van der Waals surface area contributed by atoms with Crippen LogP contribution in [0.2, 0.25) is 0 Å². The van der Waals surface area contributed by atoms with Gasteiger partial charge in [-0.25, -0.2) is 0 Å². The first kappa shape index (κ1) is 22.4. The van der Waals surface area contributed by atoms with Crippen molar-refractivity contribution in [1.29, 1.82) is 0 Å². The Kier molecular flexibility index (Phi) is 8.03. The highest BCUT2D eigenvalue weighted by Crippen LogP contribution is 2.38. The number of guanidine groups is 1. The van der Waals surface area contributed by atoms with Crippen molar-refractivity contribution >= 4 is 46.7 Å². The van der Waals surface area contributed by atoms with E-state index in [2.05, 4.69) is 26.7 Å². The Labute approximate surface area is 184 Å². The van der Waals surface area contributed by atoms with E-state index in [0.717, 1.165) is 36.6 Å². The monoisotopic (exact) mass is 495 g/mol. The van der Waals surface area contributed by atoms with Crippen molar-refractivity contribution in [1.82, 2.24) is 20.5 Å². The average molecular weight is 495 g/mol. The first-order chi connectivity index (χ1) is 13.1. The SMILES string of the molecule is CN=C(NCc1ccnc2ccccc12)NCC1(C(=O)N(C)C)CCCC1.I. The third-order valence-electron chi connectivity index (χ3n) is 5.42. The van der Waals surface area contributed by atoms with E-state index >= 15 is 0 Å². The summed E-state index contributed by atoms with van der Waals surface area (Å²) in [6, 6.07) is 10.1. The molecule has 0 saturated heterocycles. The normalized spacial score (nSPS) is 15.8. The summed E-state index contributed by atoms with van der Waals surface area (Å²) in [7, 11) is 5.43. The zero-order valence-electron chi connectivity index (χ0n) is 16.9. The number of para-hydroxylation sites is 1. The molecule has 0 bridgehead atoms. The third-order valence-corrected chi connectivity index (χ3v) is 5.42. The Morgan fingerprint density at radius 2 is 1.89 bits per heavy atom. The number of hydrogen-bond acceptors (Lipinski definition) is 3. The van der Waals surface area contributed by atoms with E-state index in [1.165, 1.54) is 5.56 Å². The van der Waals surface area contributed by atoms with Crippen molar-refractivity contribution < 1.29 is 4.79 Å². The number of halogens is 1. The van der Waals surface area contributed by atoms with E-state index in [4.69, 9.17) is 0 Å². The summed E-state index contributed by atoms with van der Waals surface area (Å²) in [6.07, 6.45) is 5.91. The summed E-state index contributed by atoms with van der Waals surface area (Å²) in [5.41, 5.74) is 1.84. The minimum Gasteiger partial charge on any atom is -0.355 e. The number of fused-ring (bicyclic) bond motifs is 1. The molecule has 0 unspecified atom stereocenters. The van der Waals surface area contributed by atoms with Crippen molar-refractivity contribution in [2.45, 2.75) is 32.2 Å². The minimum atomic E-state index is -0.315. The van der Waals surface area contributed by atoms with Gasteiger partial charge < -0.3 is 15.5 Å². The van der Waals surface area contributed by atoms with Crippen LogP contribution in [-0.2, 0) is 11.3 Å². The molecule has 7 heteroatoms. The predicted molar refractivity (Wildman–Crippen MR) is 125 cm³/mol. The molecule has 1 saturated carbocycles. The van der Waals surface area contributed by atoms with Gasteiger partial charge in [0.25, 0.3) is 0 Å². The van der Waals surface area contributed by atoms with E-state index in [-0.39, 0.29) is 35.3 Å². The molecule has 152 valence electrons. The molecule has 0 spiro atoms. The van der Waals surface area contributed by atoms with Crippen molar-refractivity contribution in [2.24, 2.45) is 10.4 Å². The van der Waals surface area contributed by atoms with Gasteiger partial charge >= 0.3 is 0 Å². The molecule has 2 aromatic rings. The second-order valence-electron chi connectivity index (χ2n) is 7.45. The number of pyridine rings is 1. The van der Waals surface area contributed by atoms with Crippen LogP contribution in [0.3, 0.4) is 0 Å². The molecule has 1 aliphatic rings. The molecule has 0 radical (unpaired) electrons. The van der Waals surface area contributed by atoms with Gasteiger partial charge in [-0.2, -0.15) is 0 Å². The molecular formula is C21H30IN5O. The average Bonchev–Trinajstić information content (AvgIpc) is 3.17. The zero-order valence-corrected chi connectivity index (χ0v) is 19.2. The maximum atomic E-state index is 12.7. The number of hydrogen-bond donors (Lipinski definition) is 2. The van der Waals surface area contributed by atoms with Crippen molar-refractivity contribution in [3.05, 3.63) is 42.1 Å². The standard InChI is InChI=1S/C21H29N5O.HI/c1-22-20(25-15-21(11-6-7-12-21)19(27)26(2)3)24-14-16-10-13-23-18-9-5-4-8-17(16)18;/h4-5,8-10,13H,6-7,11-12,14-15H2,1-3H3,(H2,22,24,25);1H. The largest absolute Gasteiger partial charge is 0.355 e. The first-order valence-corrected chi connectivity index (χ1v) is 9.55. The van der Waals surface area contributed by atoms with E-state index in [9.17, 15) is 4.79 Å². The predicted octanol–water partition coefficient (Wildman–Crippen LogP) is 3.17. The van der Waals surface area contributed by atoms with Crippen LogP contribution in [0.5, 0.6) is 0 Å². The van der Waals surface area contributed by atoms with Gasteiger partial charge in [0.15, 0.2) is 5.96 Å². The topological polar surface area (TPSA) is 69.6 Å². The van der Waals surface area contributed by atoms with Gasteiger partial charge in [0, 0.05) is 45.8 Å². The Morgan fingerprint density at radius 3 is 2.57 bits per heavy atom. The molecule has 1 amide bonds. The number of rotatable bonds is 5. The number of carbonyl (C=O) groups is 1. The Bertz CT molecular complexity index is 825. The van der Waals surface area contributed by atoms with Gasteiger partial charge in [-0.3, -0.25) is 14.8 Å². The lowest BCUT2D eigenvalue weighted by molar-refractivity contribution is -0.138. The highest BCUT2D eigenvalue weighted by atomic mass is 127. The van der Waals surface area contributed by atoms with E-state index in [1.54, 1.807) is 11.9 Å². The molecule has 0 atom stereocenters. The lowest BCUT2D eigenvalue weighted by Gasteiger charge is -2.31. The quantitative estimate of drug-likeness (QED) is 0.380. The molecule has 0 aliphatic heterocycles. The lowest BCUT2D eigenvalue weighted by atomic mass is 9.84. The Hall–Kier alpha value is -1.90. The third kappa shape index (κ3) is 4.92. The highest BCUT2D eigenvalue weighted by Gasteiger charge is 2.42. The van der Waals surface area contributed by atoms with Gasteiger partial charge in [0.2, 0.25) is 5.91 Å². The molecule has 1 fully saturated rings. The van der Waals surface area contributed by atoms with Crippen LogP contribution in [0.15, 0.2) is 41.5 Å². The molecule has 28 heavy (non-hydrogen) atoms.